The van der Waals surface area contributed by atoms with E-state index in [1.165, 1.54) is 0 Å². The van der Waals surface area contributed by atoms with Crippen molar-refractivity contribution in [1.82, 2.24) is 10.2 Å². The van der Waals surface area contributed by atoms with Crippen molar-refractivity contribution < 1.29 is 22.8 Å². The average Bonchev–Trinajstić information content (AvgIpc) is 3.22. The standard InChI is InChI=1S/C21H21F3N2O2/c22-21(23,24)17-10-8-16(9-11-17)19(27)25-18(14-15-6-2-1-3-7-15)20(28)26-12-4-5-13-26/h1-3,6-11,18H,4-5,12-14H2,(H,25,27)/t18-/m0/s1. The van der Waals surface area contributed by atoms with Gasteiger partial charge >= 0.3 is 6.18 Å². The van der Waals surface area contributed by atoms with Crippen LogP contribution < -0.4 is 5.32 Å². The maximum atomic E-state index is 12.9. The van der Waals surface area contributed by atoms with Gasteiger partial charge in [0.2, 0.25) is 5.91 Å². The van der Waals surface area contributed by atoms with Crippen LogP contribution in [0, 0.1) is 0 Å². The van der Waals surface area contributed by atoms with Crippen molar-refractivity contribution in [3.8, 4) is 0 Å². The lowest BCUT2D eigenvalue weighted by Crippen LogP contribution is -2.49. The maximum absolute atomic E-state index is 12.9. The zero-order valence-corrected chi connectivity index (χ0v) is 15.2. The maximum Gasteiger partial charge on any atom is 0.416 e. The second-order valence-corrected chi connectivity index (χ2v) is 6.82. The number of hydrogen-bond acceptors (Lipinski definition) is 2. The zero-order chi connectivity index (χ0) is 20.1. The molecule has 28 heavy (non-hydrogen) atoms. The number of hydrogen-bond donors (Lipinski definition) is 1. The summed E-state index contributed by atoms with van der Waals surface area (Å²) < 4.78 is 38.1. The van der Waals surface area contributed by atoms with Crippen LogP contribution in [-0.2, 0) is 17.4 Å². The van der Waals surface area contributed by atoms with E-state index in [0.29, 0.717) is 19.5 Å². The lowest BCUT2D eigenvalue weighted by Gasteiger charge is -2.24. The quantitative estimate of drug-likeness (QED) is 0.847. The molecule has 0 unspecified atom stereocenters. The van der Waals surface area contributed by atoms with Gasteiger partial charge in [0.25, 0.3) is 5.91 Å². The number of amides is 2. The number of rotatable bonds is 5. The molecule has 1 aliphatic heterocycles. The molecule has 0 bridgehead atoms. The van der Waals surface area contributed by atoms with Crippen molar-refractivity contribution in [3.05, 3.63) is 71.3 Å². The van der Waals surface area contributed by atoms with Crippen LogP contribution in [0.5, 0.6) is 0 Å². The van der Waals surface area contributed by atoms with Crippen LogP contribution in [0.2, 0.25) is 0 Å². The molecule has 148 valence electrons. The minimum absolute atomic E-state index is 0.0836. The van der Waals surface area contributed by atoms with Crippen LogP contribution >= 0.6 is 0 Å². The van der Waals surface area contributed by atoms with E-state index in [4.69, 9.17) is 0 Å². The zero-order valence-electron chi connectivity index (χ0n) is 15.2. The third-order valence-electron chi connectivity index (χ3n) is 4.78. The Morgan fingerprint density at radius 3 is 2.14 bits per heavy atom. The minimum Gasteiger partial charge on any atom is -0.341 e. The Balaban J connectivity index is 1.75. The monoisotopic (exact) mass is 390 g/mol. The number of carbonyl (C=O) groups excluding carboxylic acids is 2. The normalized spacial score (nSPS) is 15.3. The summed E-state index contributed by atoms with van der Waals surface area (Å²) in [7, 11) is 0. The summed E-state index contributed by atoms with van der Waals surface area (Å²) in [5, 5.41) is 2.71. The summed E-state index contributed by atoms with van der Waals surface area (Å²) in [6, 6.07) is 12.5. The van der Waals surface area contributed by atoms with Gasteiger partial charge in [0.15, 0.2) is 0 Å². The van der Waals surface area contributed by atoms with E-state index in [0.717, 1.165) is 42.7 Å². The number of halogens is 3. The van der Waals surface area contributed by atoms with Crippen LogP contribution in [0.15, 0.2) is 54.6 Å². The summed E-state index contributed by atoms with van der Waals surface area (Å²) in [5.74, 6) is -0.733. The number of benzene rings is 2. The SMILES string of the molecule is O=C(N[C@@H](Cc1ccccc1)C(=O)N1CCCC1)c1ccc(C(F)(F)F)cc1. The molecule has 1 aliphatic rings. The van der Waals surface area contributed by atoms with Gasteiger partial charge in [-0.3, -0.25) is 9.59 Å². The van der Waals surface area contributed by atoms with Crippen molar-refractivity contribution in [2.75, 3.05) is 13.1 Å². The van der Waals surface area contributed by atoms with Gasteiger partial charge in [-0.2, -0.15) is 13.2 Å². The summed E-state index contributed by atoms with van der Waals surface area (Å²) in [6.07, 6.45) is -2.29. The van der Waals surface area contributed by atoms with Crippen LogP contribution in [0.25, 0.3) is 0 Å². The topological polar surface area (TPSA) is 49.4 Å². The predicted molar refractivity (Wildman–Crippen MR) is 98.7 cm³/mol. The second-order valence-electron chi connectivity index (χ2n) is 6.82. The van der Waals surface area contributed by atoms with Crippen molar-refractivity contribution >= 4 is 11.8 Å². The molecule has 2 amide bonds. The third kappa shape index (κ3) is 4.91. The summed E-state index contributed by atoms with van der Waals surface area (Å²) in [5.41, 5.74) is 0.158. The molecule has 2 aromatic carbocycles. The number of alkyl halides is 3. The van der Waals surface area contributed by atoms with Gasteiger partial charge in [-0.25, -0.2) is 0 Å². The highest BCUT2D eigenvalue weighted by Gasteiger charge is 2.31. The van der Waals surface area contributed by atoms with E-state index >= 15 is 0 Å². The molecule has 0 radical (unpaired) electrons. The van der Waals surface area contributed by atoms with Crippen LogP contribution in [0.1, 0.15) is 34.3 Å². The van der Waals surface area contributed by atoms with Gasteiger partial charge in [0.1, 0.15) is 6.04 Å². The summed E-state index contributed by atoms with van der Waals surface area (Å²) in [4.78, 5) is 27.2. The second kappa shape index (κ2) is 8.46. The first-order valence-electron chi connectivity index (χ1n) is 9.15. The Labute approximate surface area is 161 Å². The Morgan fingerprint density at radius 1 is 0.964 bits per heavy atom. The van der Waals surface area contributed by atoms with Gasteiger partial charge in [-0.15, -0.1) is 0 Å². The van der Waals surface area contributed by atoms with Gasteiger partial charge < -0.3 is 10.2 Å². The molecule has 1 atom stereocenters. The van der Waals surface area contributed by atoms with E-state index in [-0.39, 0.29) is 11.5 Å². The molecular weight excluding hydrogens is 369 g/mol. The summed E-state index contributed by atoms with van der Waals surface area (Å²) in [6.45, 7) is 1.31. The largest absolute Gasteiger partial charge is 0.416 e. The Kier molecular flexibility index (Phi) is 6.02. The van der Waals surface area contributed by atoms with Crippen molar-refractivity contribution in [1.29, 1.82) is 0 Å². The summed E-state index contributed by atoms with van der Waals surface area (Å²) >= 11 is 0. The molecular formula is C21H21F3N2O2. The molecule has 0 aromatic heterocycles. The van der Waals surface area contributed by atoms with Crippen molar-refractivity contribution in [2.24, 2.45) is 0 Å². The number of nitrogens with zero attached hydrogens (tertiary/aromatic N) is 1. The Morgan fingerprint density at radius 2 is 1.57 bits per heavy atom. The molecule has 4 nitrogen and oxygen atoms in total. The highest BCUT2D eigenvalue weighted by molar-refractivity contribution is 5.97. The first kappa shape index (κ1) is 19.9. The Bertz CT molecular complexity index is 814. The fourth-order valence-corrected chi connectivity index (χ4v) is 3.26. The first-order chi connectivity index (χ1) is 13.3. The molecule has 0 aliphatic carbocycles. The lowest BCUT2D eigenvalue weighted by atomic mass is 10.0. The smallest absolute Gasteiger partial charge is 0.341 e. The molecule has 2 aromatic rings. The van der Waals surface area contributed by atoms with Gasteiger partial charge in [0.05, 0.1) is 5.56 Å². The van der Waals surface area contributed by atoms with Crippen LogP contribution in [0.3, 0.4) is 0 Å². The van der Waals surface area contributed by atoms with Gasteiger partial charge in [-0.1, -0.05) is 30.3 Å². The predicted octanol–water partition coefficient (Wildman–Crippen LogP) is 3.67. The molecule has 3 rings (SSSR count). The molecule has 0 spiro atoms. The van der Waals surface area contributed by atoms with Gasteiger partial charge in [0, 0.05) is 25.1 Å². The Hall–Kier alpha value is -2.83. The molecule has 1 heterocycles. The lowest BCUT2D eigenvalue weighted by molar-refractivity contribution is -0.137. The fourth-order valence-electron chi connectivity index (χ4n) is 3.26. The minimum atomic E-state index is -4.46. The molecule has 1 fully saturated rings. The van der Waals surface area contributed by atoms with Gasteiger partial charge in [-0.05, 0) is 42.7 Å². The number of nitrogens with one attached hydrogen (secondary N) is 1. The van der Waals surface area contributed by atoms with E-state index in [9.17, 15) is 22.8 Å². The molecule has 1 N–H and O–H groups in total. The highest BCUT2D eigenvalue weighted by Crippen LogP contribution is 2.29. The average molecular weight is 390 g/mol. The van der Waals surface area contributed by atoms with E-state index in [2.05, 4.69) is 5.32 Å². The molecule has 7 heteroatoms. The number of likely N-dealkylation sites (tertiary alicyclic amines) is 1. The third-order valence-corrected chi connectivity index (χ3v) is 4.78. The number of carbonyl (C=O) groups is 2. The highest BCUT2D eigenvalue weighted by atomic mass is 19.4. The van der Waals surface area contributed by atoms with Crippen molar-refractivity contribution in [3.63, 3.8) is 0 Å². The van der Waals surface area contributed by atoms with Crippen LogP contribution in [0.4, 0.5) is 13.2 Å². The van der Waals surface area contributed by atoms with E-state index < -0.39 is 23.7 Å². The fraction of sp³-hybridized carbons (Fsp3) is 0.333. The first-order valence-corrected chi connectivity index (χ1v) is 9.15. The van der Waals surface area contributed by atoms with E-state index in [1.807, 2.05) is 30.3 Å². The molecule has 0 saturated carbocycles. The van der Waals surface area contributed by atoms with Crippen LogP contribution in [-0.4, -0.2) is 35.8 Å². The molecule has 1 saturated heterocycles. The van der Waals surface area contributed by atoms with Crippen molar-refractivity contribution in [2.45, 2.75) is 31.5 Å². The van der Waals surface area contributed by atoms with E-state index in [1.54, 1.807) is 4.90 Å².